The molecular formula is C23H20F4N4O3. The summed E-state index contributed by atoms with van der Waals surface area (Å²) in [5, 5.41) is 5.10. The molecule has 0 radical (unpaired) electrons. The van der Waals surface area contributed by atoms with Gasteiger partial charge in [0, 0.05) is 17.3 Å². The number of aliphatic imine (C=N–C) groups is 1. The zero-order valence-electron chi connectivity index (χ0n) is 18.1. The van der Waals surface area contributed by atoms with Gasteiger partial charge in [0.15, 0.2) is 17.9 Å². The Morgan fingerprint density at radius 3 is 2.44 bits per heavy atom. The number of hydrogen-bond acceptors (Lipinski definition) is 6. The first kappa shape index (κ1) is 23.3. The number of alkyl halides is 3. The summed E-state index contributed by atoms with van der Waals surface area (Å²) < 4.78 is 63.8. The molecule has 0 fully saturated rings. The van der Waals surface area contributed by atoms with Crippen molar-refractivity contribution in [1.29, 1.82) is 0 Å². The highest BCUT2D eigenvalue weighted by Crippen LogP contribution is 2.29. The average Bonchev–Trinajstić information content (AvgIpc) is 2.82. The van der Waals surface area contributed by atoms with E-state index in [-0.39, 0.29) is 17.1 Å². The van der Waals surface area contributed by atoms with E-state index in [4.69, 9.17) is 9.47 Å². The van der Waals surface area contributed by atoms with Gasteiger partial charge in [0.25, 0.3) is 5.56 Å². The molecule has 7 nitrogen and oxygen atoms in total. The molecule has 4 rings (SSSR count). The molecule has 34 heavy (non-hydrogen) atoms. The maximum Gasteiger partial charge on any atom is 0.401 e. The Balaban J connectivity index is 1.85. The quantitative estimate of drug-likeness (QED) is 0.527. The second-order valence-corrected chi connectivity index (χ2v) is 7.37. The number of nitrogens with zero attached hydrogens (tertiary/aromatic N) is 2. The van der Waals surface area contributed by atoms with Crippen LogP contribution in [0.4, 0.5) is 23.4 Å². The summed E-state index contributed by atoms with van der Waals surface area (Å²) in [5.74, 6) is 0.177. The number of aromatic nitrogens is 1. The van der Waals surface area contributed by atoms with Crippen LogP contribution in [0, 0.1) is 5.82 Å². The Morgan fingerprint density at radius 1 is 1.09 bits per heavy atom. The smallest absolute Gasteiger partial charge is 0.401 e. The second kappa shape index (κ2) is 9.18. The lowest BCUT2D eigenvalue weighted by Gasteiger charge is -2.26. The molecule has 178 valence electrons. The van der Waals surface area contributed by atoms with Crippen LogP contribution in [0.1, 0.15) is 5.56 Å². The molecule has 0 spiro atoms. The minimum atomic E-state index is -4.44. The Labute approximate surface area is 191 Å². The van der Waals surface area contributed by atoms with Crippen LogP contribution in [0.15, 0.2) is 58.3 Å². The molecule has 1 aromatic heterocycles. The third-order valence-corrected chi connectivity index (χ3v) is 5.16. The number of halogens is 4. The standard InChI is InChI=1S/C23H20F4N4O3/c1-33-16-6-4-15(5-7-16)31-20-14(11-28-22(30-20)29-12-23(25,26)27)9-17(21(31)32)13-3-8-19(34-2)18(24)10-13/h3-11,22,29-30H,12H2,1-2H3. The van der Waals surface area contributed by atoms with E-state index in [9.17, 15) is 22.4 Å². The van der Waals surface area contributed by atoms with Crippen LogP contribution in [0.3, 0.4) is 0 Å². The highest BCUT2D eigenvalue weighted by Gasteiger charge is 2.29. The third kappa shape index (κ3) is 4.74. The molecule has 1 atom stereocenters. The third-order valence-electron chi connectivity index (χ3n) is 5.16. The maximum absolute atomic E-state index is 14.4. The number of pyridine rings is 1. The van der Waals surface area contributed by atoms with Gasteiger partial charge in [0.1, 0.15) is 11.6 Å². The lowest BCUT2D eigenvalue weighted by Crippen LogP contribution is -2.43. The van der Waals surface area contributed by atoms with Gasteiger partial charge in [-0.3, -0.25) is 19.7 Å². The lowest BCUT2D eigenvalue weighted by atomic mass is 10.0. The molecule has 0 saturated heterocycles. The van der Waals surface area contributed by atoms with Crippen molar-refractivity contribution in [3.8, 4) is 28.3 Å². The Kier molecular flexibility index (Phi) is 6.29. The predicted octanol–water partition coefficient (Wildman–Crippen LogP) is 3.94. The minimum Gasteiger partial charge on any atom is -0.497 e. The van der Waals surface area contributed by atoms with E-state index in [0.717, 1.165) is 0 Å². The summed E-state index contributed by atoms with van der Waals surface area (Å²) in [6.07, 6.45) is -4.18. The molecule has 1 aliphatic heterocycles. The molecule has 0 amide bonds. The molecule has 0 bridgehead atoms. The largest absolute Gasteiger partial charge is 0.497 e. The number of benzene rings is 2. The molecule has 0 aliphatic carbocycles. The number of ether oxygens (including phenoxy) is 2. The molecule has 2 N–H and O–H groups in total. The molecule has 3 aromatic rings. The van der Waals surface area contributed by atoms with Crippen molar-refractivity contribution >= 4 is 12.0 Å². The van der Waals surface area contributed by atoms with Gasteiger partial charge in [-0.05, 0) is 48.0 Å². The summed E-state index contributed by atoms with van der Waals surface area (Å²) in [4.78, 5) is 17.6. The minimum absolute atomic E-state index is 0.0269. The molecule has 11 heteroatoms. The van der Waals surface area contributed by atoms with Crippen LogP contribution in [-0.2, 0) is 0 Å². The molecule has 2 aromatic carbocycles. The Morgan fingerprint density at radius 2 is 1.82 bits per heavy atom. The van der Waals surface area contributed by atoms with Crippen molar-refractivity contribution in [2.75, 3.05) is 26.1 Å². The zero-order valence-corrected chi connectivity index (χ0v) is 18.1. The Hall–Kier alpha value is -3.86. The SMILES string of the molecule is COc1ccc(-n2c3c(cc(-c4ccc(OC)c(F)c4)c2=O)C=NC(NCC(F)(F)F)N3)cc1. The molecular weight excluding hydrogens is 456 g/mol. The van der Waals surface area contributed by atoms with Gasteiger partial charge in [-0.2, -0.15) is 13.2 Å². The van der Waals surface area contributed by atoms with Crippen molar-refractivity contribution in [3.05, 3.63) is 70.3 Å². The number of hydrogen-bond donors (Lipinski definition) is 2. The molecule has 1 aliphatic rings. The first-order chi connectivity index (χ1) is 16.2. The summed E-state index contributed by atoms with van der Waals surface area (Å²) in [6.45, 7) is -1.27. The summed E-state index contributed by atoms with van der Waals surface area (Å²) in [5.41, 5.74) is 0.831. The maximum atomic E-state index is 14.4. The second-order valence-electron chi connectivity index (χ2n) is 7.37. The number of fused-ring (bicyclic) bond motifs is 1. The highest BCUT2D eigenvalue weighted by atomic mass is 19.4. The topological polar surface area (TPSA) is 76.9 Å². The van der Waals surface area contributed by atoms with E-state index in [2.05, 4.69) is 15.6 Å². The van der Waals surface area contributed by atoms with Gasteiger partial charge >= 0.3 is 6.18 Å². The van der Waals surface area contributed by atoms with E-state index in [1.807, 2.05) is 0 Å². The molecule has 0 saturated carbocycles. The first-order valence-corrected chi connectivity index (χ1v) is 10.1. The first-order valence-electron chi connectivity index (χ1n) is 10.1. The zero-order chi connectivity index (χ0) is 24.5. The number of anilines is 1. The number of methoxy groups -OCH3 is 2. The van der Waals surface area contributed by atoms with Crippen molar-refractivity contribution in [2.45, 2.75) is 12.5 Å². The number of nitrogens with one attached hydrogen (secondary N) is 2. The Bertz CT molecular complexity index is 1290. The highest BCUT2D eigenvalue weighted by molar-refractivity contribution is 5.91. The van der Waals surface area contributed by atoms with Crippen LogP contribution >= 0.6 is 0 Å². The number of rotatable bonds is 6. The van der Waals surface area contributed by atoms with Gasteiger partial charge < -0.3 is 14.8 Å². The van der Waals surface area contributed by atoms with E-state index in [1.165, 1.54) is 43.2 Å². The summed E-state index contributed by atoms with van der Waals surface area (Å²) >= 11 is 0. The van der Waals surface area contributed by atoms with Crippen LogP contribution in [0.5, 0.6) is 11.5 Å². The van der Waals surface area contributed by atoms with Gasteiger partial charge in [0.05, 0.1) is 26.5 Å². The van der Waals surface area contributed by atoms with Crippen molar-refractivity contribution in [2.24, 2.45) is 4.99 Å². The van der Waals surface area contributed by atoms with E-state index >= 15 is 0 Å². The van der Waals surface area contributed by atoms with E-state index in [0.29, 0.717) is 22.6 Å². The fourth-order valence-corrected chi connectivity index (χ4v) is 3.54. The molecule has 1 unspecified atom stereocenters. The molecule has 2 heterocycles. The monoisotopic (exact) mass is 476 g/mol. The normalized spacial score (nSPS) is 14.9. The van der Waals surface area contributed by atoms with Gasteiger partial charge in [0.2, 0.25) is 0 Å². The fourth-order valence-electron chi connectivity index (χ4n) is 3.54. The summed E-state index contributed by atoms with van der Waals surface area (Å²) in [7, 11) is 2.83. The predicted molar refractivity (Wildman–Crippen MR) is 120 cm³/mol. The van der Waals surface area contributed by atoms with E-state index < -0.39 is 30.4 Å². The van der Waals surface area contributed by atoms with Gasteiger partial charge in [-0.15, -0.1) is 0 Å². The van der Waals surface area contributed by atoms with Crippen LogP contribution in [0.2, 0.25) is 0 Å². The van der Waals surface area contributed by atoms with Gasteiger partial charge in [-0.1, -0.05) is 6.07 Å². The lowest BCUT2D eigenvalue weighted by molar-refractivity contribution is -0.125. The summed E-state index contributed by atoms with van der Waals surface area (Å²) in [6, 6.07) is 12.2. The van der Waals surface area contributed by atoms with Crippen LogP contribution in [0.25, 0.3) is 16.8 Å². The fraction of sp³-hybridized carbons (Fsp3) is 0.217. The van der Waals surface area contributed by atoms with Gasteiger partial charge in [-0.25, -0.2) is 4.39 Å². The van der Waals surface area contributed by atoms with Crippen molar-refractivity contribution in [3.63, 3.8) is 0 Å². The average molecular weight is 476 g/mol. The van der Waals surface area contributed by atoms with Crippen molar-refractivity contribution in [1.82, 2.24) is 9.88 Å². The van der Waals surface area contributed by atoms with Crippen LogP contribution < -0.4 is 25.7 Å². The van der Waals surface area contributed by atoms with E-state index in [1.54, 1.807) is 30.3 Å². The van der Waals surface area contributed by atoms with Crippen molar-refractivity contribution < 1.29 is 27.0 Å². The van der Waals surface area contributed by atoms with Crippen LogP contribution in [-0.4, -0.2) is 44.0 Å².